The lowest BCUT2D eigenvalue weighted by atomic mass is 9.98. The molecule has 0 bridgehead atoms. The molecule has 0 aromatic heterocycles. The fourth-order valence-corrected chi connectivity index (χ4v) is 2.85. The van der Waals surface area contributed by atoms with Gasteiger partial charge in [-0.25, -0.2) is 8.42 Å². The summed E-state index contributed by atoms with van der Waals surface area (Å²) in [6, 6.07) is 7.54. The molecule has 2 rings (SSSR count). The Morgan fingerprint density at radius 2 is 2.00 bits per heavy atom. The monoisotopic (exact) mass is 260 g/mol. The lowest BCUT2D eigenvalue weighted by Crippen LogP contribution is -1.99. The van der Waals surface area contributed by atoms with E-state index in [-0.39, 0.29) is 5.75 Å². The Hall–Kier alpha value is -0.580. The Bertz CT molecular complexity index is 447. The van der Waals surface area contributed by atoms with Crippen molar-refractivity contribution in [2.45, 2.75) is 18.1 Å². The minimum Gasteiger partial charge on any atom is -0.381 e. The maximum absolute atomic E-state index is 10.9. The largest absolute Gasteiger partial charge is 0.381 e. The van der Waals surface area contributed by atoms with Crippen LogP contribution in [0.5, 0.6) is 0 Å². The van der Waals surface area contributed by atoms with Gasteiger partial charge in [0.2, 0.25) is 9.05 Å². The van der Waals surface area contributed by atoms with Gasteiger partial charge in [0.1, 0.15) is 0 Å². The van der Waals surface area contributed by atoms with Crippen molar-refractivity contribution >= 4 is 19.7 Å². The maximum Gasteiger partial charge on any atom is 0.236 e. The highest BCUT2D eigenvalue weighted by Crippen LogP contribution is 2.25. The smallest absolute Gasteiger partial charge is 0.236 e. The summed E-state index contributed by atoms with van der Waals surface area (Å²) >= 11 is 0. The SMILES string of the molecule is O=S(=O)(Cl)Cc1ccc(C2CCOC2)cc1. The zero-order chi connectivity index (χ0) is 11.6. The van der Waals surface area contributed by atoms with Gasteiger partial charge in [-0.1, -0.05) is 24.3 Å². The normalized spacial score (nSPS) is 21.2. The van der Waals surface area contributed by atoms with Crippen molar-refractivity contribution in [3.05, 3.63) is 35.4 Å². The molecule has 1 aliphatic heterocycles. The van der Waals surface area contributed by atoms with Crippen molar-refractivity contribution in [2.24, 2.45) is 0 Å². The Morgan fingerprint density at radius 3 is 2.50 bits per heavy atom. The van der Waals surface area contributed by atoms with Crippen LogP contribution in [0.2, 0.25) is 0 Å². The van der Waals surface area contributed by atoms with Crippen LogP contribution < -0.4 is 0 Å². The highest BCUT2D eigenvalue weighted by atomic mass is 35.7. The molecule has 0 N–H and O–H groups in total. The highest BCUT2D eigenvalue weighted by molar-refractivity contribution is 8.13. The van der Waals surface area contributed by atoms with Gasteiger partial charge in [-0.05, 0) is 17.5 Å². The fourth-order valence-electron chi connectivity index (χ4n) is 1.88. The van der Waals surface area contributed by atoms with E-state index in [0.717, 1.165) is 25.2 Å². The fraction of sp³-hybridized carbons (Fsp3) is 0.455. The molecule has 16 heavy (non-hydrogen) atoms. The van der Waals surface area contributed by atoms with Crippen molar-refractivity contribution in [3.63, 3.8) is 0 Å². The van der Waals surface area contributed by atoms with Crippen LogP contribution in [0.25, 0.3) is 0 Å². The molecule has 1 saturated heterocycles. The molecule has 0 spiro atoms. The van der Waals surface area contributed by atoms with E-state index in [2.05, 4.69) is 0 Å². The van der Waals surface area contributed by atoms with Gasteiger partial charge >= 0.3 is 0 Å². The van der Waals surface area contributed by atoms with Crippen LogP contribution in [0.3, 0.4) is 0 Å². The molecule has 0 saturated carbocycles. The van der Waals surface area contributed by atoms with Gasteiger partial charge in [-0.15, -0.1) is 0 Å². The summed E-state index contributed by atoms with van der Waals surface area (Å²) in [7, 11) is 1.73. The van der Waals surface area contributed by atoms with Gasteiger partial charge in [0, 0.05) is 23.2 Å². The molecule has 1 atom stereocenters. The van der Waals surface area contributed by atoms with Gasteiger partial charge in [0.05, 0.1) is 12.4 Å². The number of ether oxygens (including phenoxy) is 1. The molecule has 1 aromatic rings. The van der Waals surface area contributed by atoms with Crippen LogP contribution in [0.4, 0.5) is 0 Å². The second kappa shape index (κ2) is 4.73. The van der Waals surface area contributed by atoms with E-state index in [0.29, 0.717) is 5.92 Å². The summed E-state index contributed by atoms with van der Waals surface area (Å²) in [6.45, 7) is 1.57. The quantitative estimate of drug-likeness (QED) is 0.783. The zero-order valence-electron chi connectivity index (χ0n) is 8.73. The minimum absolute atomic E-state index is 0.115. The summed E-state index contributed by atoms with van der Waals surface area (Å²) < 4.78 is 27.1. The molecule has 0 radical (unpaired) electrons. The first-order chi connectivity index (χ1) is 7.54. The topological polar surface area (TPSA) is 43.4 Å². The van der Waals surface area contributed by atoms with Crippen LogP contribution in [0, 0.1) is 0 Å². The summed E-state index contributed by atoms with van der Waals surface area (Å²) in [5.41, 5.74) is 1.92. The van der Waals surface area contributed by atoms with Gasteiger partial charge in [0.15, 0.2) is 0 Å². The molecule has 1 aliphatic rings. The highest BCUT2D eigenvalue weighted by Gasteiger charge is 2.17. The lowest BCUT2D eigenvalue weighted by Gasteiger charge is -2.08. The number of rotatable bonds is 3. The van der Waals surface area contributed by atoms with Crippen molar-refractivity contribution < 1.29 is 13.2 Å². The first kappa shape index (κ1) is 11.9. The maximum atomic E-state index is 10.9. The molecule has 1 heterocycles. The lowest BCUT2D eigenvalue weighted by molar-refractivity contribution is 0.194. The molecule has 1 aromatic carbocycles. The van der Waals surface area contributed by atoms with Crippen LogP contribution in [0.15, 0.2) is 24.3 Å². The molecule has 1 unspecified atom stereocenters. The average Bonchev–Trinajstić information content (AvgIpc) is 2.69. The third kappa shape index (κ3) is 3.20. The Kier molecular flexibility index (Phi) is 3.52. The van der Waals surface area contributed by atoms with Crippen molar-refractivity contribution in [1.29, 1.82) is 0 Å². The first-order valence-electron chi connectivity index (χ1n) is 5.13. The first-order valence-corrected chi connectivity index (χ1v) is 7.61. The molecule has 88 valence electrons. The number of hydrogen-bond acceptors (Lipinski definition) is 3. The van der Waals surface area contributed by atoms with Crippen molar-refractivity contribution in [1.82, 2.24) is 0 Å². The zero-order valence-corrected chi connectivity index (χ0v) is 10.3. The third-order valence-corrected chi connectivity index (χ3v) is 3.73. The average molecular weight is 261 g/mol. The molecular weight excluding hydrogens is 248 g/mol. The van der Waals surface area contributed by atoms with E-state index < -0.39 is 9.05 Å². The van der Waals surface area contributed by atoms with E-state index in [9.17, 15) is 8.42 Å². The summed E-state index contributed by atoms with van der Waals surface area (Å²) in [5.74, 6) is 0.331. The van der Waals surface area contributed by atoms with E-state index in [1.54, 1.807) is 0 Å². The van der Waals surface area contributed by atoms with Gasteiger partial charge < -0.3 is 4.74 Å². The van der Waals surface area contributed by atoms with E-state index in [4.69, 9.17) is 15.4 Å². The number of halogens is 1. The molecule has 1 fully saturated rings. The molecule has 0 aliphatic carbocycles. The Labute approximate surface area is 99.8 Å². The van der Waals surface area contributed by atoms with Crippen LogP contribution in [-0.4, -0.2) is 21.6 Å². The third-order valence-electron chi connectivity index (χ3n) is 2.72. The van der Waals surface area contributed by atoms with Crippen LogP contribution in [-0.2, 0) is 19.5 Å². The molecule has 0 amide bonds. The predicted octanol–water partition coefficient (Wildman–Crippen LogP) is 2.26. The number of hydrogen-bond donors (Lipinski definition) is 0. The summed E-state index contributed by atoms with van der Waals surface area (Å²) in [4.78, 5) is 0. The van der Waals surface area contributed by atoms with Gasteiger partial charge in [-0.2, -0.15) is 0 Å². The molecular formula is C11H13ClO3S. The van der Waals surface area contributed by atoms with Crippen LogP contribution >= 0.6 is 10.7 Å². The van der Waals surface area contributed by atoms with Crippen molar-refractivity contribution in [3.8, 4) is 0 Å². The van der Waals surface area contributed by atoms with E-state index >= 15 is 0 Å². The summed E-state index contributed by atoms with van der Waals surface area (Å²) in [6.07, 6.45) is 1.03. The Balaban J connectivity index is 2.10. The van der Waals surface area contributed by atoms with Gasteiger partial charge in [-0.3, -0.25) is 0 Å². The molecule has 3 nitrogen and oxygen atoms in total. The van der Waals surface area contributed by atoms with Crippen molar-refractivity contribution in [2.75, 3.05) is 13.2 Å². The predicted molar refractivity (Wildman–Crippen MR) is 63.1 cm³/mol. The van der Waals surface area contributed by atoms with E-state index in [1.165, 1.54) is 5.56 Å². The second-order valence-corrected chi connectivity index (χ2v) is 6.76. The minimum atomic E-state index is -3.46. The number of benzene rings is 1. The molecule has 5 heteroatoms. The summed E-state index contributed by atoms with van der Waals surface area (Å²) in [5, 5.41) is 0. The standard InChI is InChI=1S/C11H13ClO3S/c12-16(13,14)8-9-1-3-10(4-2-9)11-5-6-15-7-11/h1-4,11H,5-8H2. The van der Waals surface area contributed by atoms with E-state index in [1.807, 2.05) is 24.3 Å². The van der Waals surface area contributed by atoms with Gasteiger partial charge in [0.25, 0.3) is 0 Å². The van der Waals surface area contributed by atoms with Crippen LogP contribution in [0.1, 0.15) is 23.5 Å². The Morgan fingerprint density at radius 1 is 1.31 bits per heavy atom. The second-order valence-electron chi connectivity index (χ2n) is 3.99.